The van der Waals surface area contributed by atoms with E-state index < -0.39 is 0 Å². The number of halogens is 2. The number of carbonyl (C=O) groups excluding carboxylic acids is 1. The van der Waals surface area contributed by atoms with E-state index in [1.807, 2.05) is 4.90 Å². The fourth-order valence-electron chi connectivity index (χ4n) is 2.15. The lowest BCUT2D eigenvalue weighted by Crippen LogP contribution is -2.43. The van der Waals surface area contributed by atoms with E-state index in [1.54, 1.807) is 25.3 Å². The van der Waals surface area contributed by atoms with E-state index in [2.05, 4.69) is 15.9 Å². The zero-order chi connectivity index (χ0) is 13.1. The number of carbonyl (C=O) groups is 1. The molecule has 1 heterocycles. The Labute approximate surface area is 120 Å². The topological polar surface area (TPSA) is 29.5 Å². The van der Waals surface area contributed by atoms with Crippen molar-refractivity contribution in [2.75, 3.05) is 20.2 Å². The van der Waals surface area contributed by atoms with Gasteiger partial charge < -0.3 is 9.64 Å². The van der Waals surface area contributed by atoms with Crippen LogP contribution in [0.5, 0.6) is 0 Å². The maximum atomic E-state index is 12.4. The van der Waals surface area contributed by atoms with Crippen molar-refractivity contribution < 1.29 is 9.53 Å². The molecule has 98 valence electrons. The first-order chi connectivity index (χ1) is 8.61. The van der Waals surface area contributed by atoms with Gasteiger partial charge in [0.1, 0.15) is 0 Å². The molecule has 0 bridgehead atoms. The lowest BCUT2D eigenvalue weighted by Gasteiger charge is -2.32. The third-order valence-electron chi connectivity index (χ3n) is 3.16. The largest absolute Gasteiger partial charge is 0.380 e. The Bertz CT molecular complexity index is 453. The van der Waals surface area contributed by atoms with E-state index >= 15 is 0 Å². The molecule has 0 spiro atoms. The first kappa shape index (κ1) is 13.8. The molecule has 0 N–H and O–H groups in total. The minimum Gasteiger partial charge on any atom is -0.380 e. The summed E-state index contributed by atoms with van der Waals surface area (Å²) in [6.45, 7) is 1.44. The van der Waals surface area contributed by atoms with Crippen molar-refractivity contribution in [3.05, 3.63) is 33.3 Å². The van der Waals surface area contributed by atoms with Crippen molar-refractivity contribution in [3.8, 4) is 0 Å². The minimum atomic E-state index is 0.0280. The molecule has 1 aromatic rings. The molecule has 1 aliphatic heterocycles. The highest BCUT2D eigenvalue weighted by Crippen LogP contribution is 2.24. The molecule has 1 fully saturated rings. The summed E-state index contributed by atoms with van der Waals surface area (Å²) < 4.78 is 6.07. The maximum absolute atomic E-state index is 12.4. The number of rotatable bonds is 2. The van der Waals surface area contributed by atoms with Gasteiger partial charge in [-0.1, -0.05) is 11.6 Å². The molecule has 0 saturated carbocycles. The molecule has 1 unspecified atom stereocenters. The van der Waals surface area contributed by atoms with Gasteiger partial charge in [-0.05, 0) is 47.0 Å². The molecule has 0 radical (unpaired) electrons. The molecule has 3 nitrogen and oxygen atoms in total. The second-order valence-electron chi connectivity index (χ2n) is 4.38. The zero-order valence-corrected chi connectivity index (χ0v) is 12.5. The molecule has 1 amide bonds. The van der Waals surface area contributed by atoms with Crippen molar-refractivity contribution in [3.63, 3.8) is 0 Å². The Kier molecular flexibility index (Phi) is 4.65. The SMILES string of the molecule is COC1CCCN(C(=O)c2ccc(Cl)cc2Br)C1. The summed E-state index contributed by atoms with van der Waals surface area (Å²) in [6.07, 6.45) is 2.14. The van der Waals surface area contributed by atoms with Gasteiger partial charge >= 0.3 is 0 Å². The minimum absolute atomic E-state index is 0.0280. The summed E-state index contributed by atoms with van der Waals surface area (Å²) in [5, 5.41) is 0.617. The van der Waals surface area contributed by atoms with Crippen LogP contribution in [0.3, 0.4) is 0 Å². The van der Waals surface area contributed by atoms with Gasteiger partial charge in [0.25, 0.3) is 5.91 Å². The van der Waals surface area contributed by atoms with E-state index in [0.717, 1.165) is 23.9 Å². The van der Waals surface area contributed by atoms with Gasteiger partial charge in [0.05, 0.1) is 11.7 Å². The van der Waals surface area contributed by atoms with Crippen LogP contribution in [-0.4, -0.2) is 37.1 Å². The van der Waals surface area contributed by atoms with Crippen molar-refractivity contribution >= 4 is 33.4 Å². The Hall–Kier alpha value is -0.580. The van der Waals surface area contributed by atoms with E-state index in [4.69, 9.17) is 16.3 Å². The first-order valence-corrected chi connectivity index (χ1v) is 7.06. The summed E-state index contributed by atoms with van der Waals surface area (Å²) in [4.78, 5) is 14.2. The third kappa shape index (κ3) is 3.05. The standard InChI is InChI=1S/C13H15BrClNO2/c1-18-10-3-2-6-16(8-10)13(17)11-5-4-9(15)7-12(11)14/h4-5,7,10H,2-3,6,8H2,1H3. The summed E-state index contributed by atoms with van der Waals surface area (Å²) in [7, 11) is 1.69. The van der Waals surface area contributed by atoms with Gasteiger partial charge in [0.15, 0.2) is 0 Å². The van der Waals surface area contributed by atoms with E-state index in [-0.39, 0.29) is 12.0 Å². The number of benzene rings is 1. The number of ether oxygens (including phenoxy) is 1. The van der Waals surface area contributed by atoms with E-state index in [9.17, 15) is 4.79 Å². The van der Waals surface area contributed by atoms with Crippen LogP contribution in [0.4, 0.5) is 0 Å². The zero-order valence-electron chi connectivity index (χ0n) is 10.2. The van der Waals surface area contributed by atoms with Crippen LogP contribution in [-0.2, 0) is 4.74 Å². The predicted molar refractivity (Wildman–Crippen MR) is 75.1 cm³/mol. The molecule has 5 heteroatoms. The second kappa shape index (κ2) is 6.04. The molecular weight excluding hydrogens is 318 g/mol. The van der Waals surface area contributed by atoms with Crippen LogP contribution in [0.1, 0.15) is 23.2 Å². The van der Waals surface area contributed by atoms with Gasteiger partial charge in [0.2, 0.25) is 0 Å². The average Bonchev–Trinajstić information content (AvgIpc) is 2.38. The molecule has 1 aromatic carbocycles. The highest BCUT2D eigenvalue weighted by molar-refractivity contribution is 9.10. The second-order valence-corrected chi connectivity index (χ2v) is 5.67. The van der Waals surface area contributed by atoms with Crippen LogP contribution in [0.2, 0.25) is 5.02 Å². The summed E-state index contributed by atoms with van der Waals surface area (Å²) in [5.41, 5.74) is 0.649. The molecular formula is C13H15BrClNO2. The Balaban J connectivity index is 2.15. The van der Waals surface area contributed by atoms with Crippen molar-refractivity contribution in [2.24, 2.45) is 0 Å². The van der Waals surface area contributed by atoms with Gasteiger partial charge in [-0.15, -0.1) is 0 Å². The molecule has 2 rings (SSSR count). The third-order valence-corrected chi connectivity index (χ3v) is 4.05. The quantitative estimate of drug-likeness (QED) is 0.831. The molecule has 18 heavy (non-hydrogen) atoms. The van der Waals surface area contributed by atoms with Gasteiger partial charge in [0, 0.05) is 29.7 Å². The molecule has 1 aliphatic rings. The molecule has 1 saturated heterocycles. The maximum Gasteiger partial charge on any atom is 0.255 e. The highest BCUT2D eigenvalue weighted by Gasteiger charge is 2.25. The normalized spacial score (nSPS) is 19.9. The van der Waals surface area contributed by atoms with Crippen LogP contribution < -0.4 is 0 Å². The Morgan fingerprint density at radius 2 is 2.33 bits per heavy atom. The van der Waals surface area contributed by atoms with Crippen molar-refractivity contribution in [1.29, 1.82) is 0 Å². The number of amides is 1. The first-order valence-electron chi connectivity index (χ1n) is 5.89. The van der Waals surface area contributed by atoms with Gasteiger partial charge in [-0.2, -0.15) is 0 Å². The molecule has 1 atom stereocenters. The smallest absolute Gasteiger partial charge is 0.255 e. The number of hydrogen-bond acceptors (Lipinski definition) is 2. The van der Waals surface area contributed by atoms with Crippen molar-refractivity contribution in [2.45, 2.75) is 18.9 Å². The van der Waals surface area contributed by atoms with E-state index in [0.29, 0.717) is 17.1 Å². The average molecular weight is 333 g/mol. The van der Waals surface area contributed by atoms with Crippen LogP contribution in [0.15, 0.2) is 22.7 Å². The lowest BCUT2D eigenvalue weighted by atomic mass is 10.1. The molecule has 0 aliphatic carbocycles. The summed E-state index contributed by atoms with van der Waals surface area (Å²) in [5.74, 6) is 0.0280. The molecule has 0 aromatic heterocycles. The number of piperidine rings is 1. The summed E-state index contributed by atoms with van der Waals surface area (Å²) in [6, 6.07) is 5.23. The van der Waals surface area contributed by atoms with Crippen LogP contribution in [0.25, 0.3) is 0 Å². The van der Waals surface area contributed by atoms with E-state index in [1.165, 1.54) is 0 Å². The van der Waals surface area contributed by atoms with Gasteiger partial charge in [-0.3, -0.25) is 4.79 Å². The summed E-state index contributed by atoms with van der Waals surface area (Å²) >= 11 is 9.26. The number of likely N-dealkylation sites (tertiary alicyclic amines) is 1. The number of hydrogen-bond donors (Lipinski definition) is 0. The van der Waals surface area contributed by atoms with Gasteiger partial charge in [-0.25, -0.2) is 0 Å². The monoisotopic (exact) mass is 331 g/mol. The number of nitrogens with zero attached hydrogens (tertiary/aromatic N) is 1. The fourth-order valence-corrected chi connectivity index (χ4v) is 3.00. The fraction of sp³-hybridized carbons (Fsp3) is 0.462. The lowest BCUT2D eigenvalue weighted by molar-refractivity contribution is 0.0268. The Morgan fingerprint density at radius 3 is 3.00 bits per heavy atom. The number of methoxy groups -OCH3 is 1. The highest BCUT2D eigenvalue weighted by atomic mass is 79.9. The Morgan fingerprint density at radius 1 is 1.56 bits per heavy atom. The van der Waals surface area contributed by atoms with Crippen LogP contribution >= 0.6 is 27.5 Å². The van der Waals surface area contributed by atoms with Crippen LogP contribution in [0, 0.1) is 0 Å². The predicted octanol–water partition coefficient (Wildman–Crippen LogP) is 3.35. The van der Waals surface area contributed by atoms with Crippen molar-refractivity contribution in [1.82, 2.24) is 4.90 Å².